The molecule has 0 saturated heterocycles. The molecule has 2 N–H and O–H groups in total. The largest absolute Gasteiger partial charge is 0.324 e. The third kappa shape index (κ3) is 3.63. The van der Waals surface area contributed by atoms with E-state index in [1.807, 2.05) is 30.3 Å². The average molecular weight is 435 g/mol. The Labute approximate surface area is 131 Å². The van der Waals surface area contributed by atoms with Gasteiger partial charge in [-0.3, -0.25) is 4.98 Å². The van der Waals surface area contributed by atoms with Crippen LogP contribution in [0.4, 0.5) is 0 Å². The Bertz CT molecular complexity index is 540. The fraction of sp³-hybridized carbons (Fsp3) is 0.154. The molecule has 1 atom stereocenters. The molecule has 1 aromatic heterocycles. The molecule has 0 amide bonds. The zero-order valence-electron chi connectivity index (χ0n) is 9.41. The Morgan fingerprint density at radius 3 is 2.39 bits per heavy atom. The third-order valence-corrected chi connectivity index (χ3v) is 4.23. The molecule has 1 unspecified atom stereocenters. The lowest BCUT2D eigenvalue weighted by Crippen LogP contribution is -2.14. The summed E-state index contributed by atoms with van der Waals surface area (Å²) in [5.74, 6) is 0. The van der Waals surface area contributed by atoms with E-state index in [2.05, 4.69) is 52.8 Å². The van der Waals surface area contributed by atoms with Crippen molar-refractivity contribution in [2.24, 2.45) is 5.73 Å². The number of halogens is 3. The predicted octanol–water partition coefficient (Wildman–Crippen LogP) is 4.61. The fourth-order valence-electron chi connectivity index (χ4n) is 1.66. The topological polar surface area (TPSA) is 38.9 Å². The first-order chi connectivity index (χ1) is 8.56. The van der Waals surface area contributed by atoms with E-state index in [1.54, 1.807) is 6.20 Å². The van der Waals surface area contributed by atoms with Gasteiger partial charge in [0, 0.05) is 37.8 Å². The lowest BCUT2D eigenvalue weighted by atomic mass is 10.0. The summed E-state index contributed by atoms with van der Waals surface area (Å²) in [5, 5.41) is 0. The van der Waals surface area contributed by atoms with E-state index >= 15 is 0 Å². The summed E-state index contributed by atoms with van der Waals surface area (Å²) in [6, 6.07) is 9.92. The number of benzene rings is 1. The summed E-state index contributed by atoms with van der Waals surface area (Å²) < 4.78 is 3.03. The van der Waals surface area contributed by atoms with Crippen LogP contribution in [0, 0.1) is 0 Å². The highest BCUT2D eigenvalue weighted by molar-refractivity contribution is 9.11. The van der Waals surface area contributed by atoms with Crippen molar-refractivity contribution in [2.45, 2.75) is 12.5 Å². The van der Waals surface area contributed by atoms with Gasteiger partial charge in [-0.25, -0.2) is 0 Å². The standard InChI is InChI=1S/C13H11Br3N2/c14-8-2-4-11(12(16)5-8)13(17)6-10-3-1-9(15)7-18-10/h1-5,7,13H,6,17H2. The van der Waals surface area contributed by atoms with Gasteiger partial charge in [-0.1, -0.05) is 37.9 Å². The van der Waals surface area contributed by atoms with E-state index in [4.69, 9.17) is 5.73 Å². The number of hydrogen-bond acceptors (Lipinski definition) is 2. The highest BCUT2D eigenvalue weighted by Gasteiger charge is 2.11. The molecule has 0 fully saturated rings. The van der Waals surface area contributed by atoms with Crippen LogP contribution in [0.15, 0.2) is 49.9 Å². The molecule has 1 aromatic carbocycles. The molecule has 0 spiro atoms. The van der Waals surface area contributed by atoms with E-state index < -0.39 is 0 Å². The summed E-state index contributed by atoms with van der Waals surface area (Å²) in [6.07, 6.45) is 2.51. The molecule has 0 aliphatic heterocycles. The molecular formula is C13H11Br3N2. The second-order valence-electron chi connectivity index (χ2n) is 3.94. The minimum absolute atomic E-state index is 0.0684. The van der Waals surface area contributed by atoms with Gasteiger partial charge in [0.25, 0.3) is 0 Å². The SMILES string of the molecule is NC(Cc1ccc(Br)cn1)c1ccc(Br)cc1Br. The molecule has 2 rings (SSSR count). The van der Waals surface area contributed by atoms with Crippen LogP contribution in [0.2, 0.25) is 0 Å². The van der Waals surface area contributed by atoms with Gasteiger partial charge in [-0.15, -0.1) is 0 Å². The van der Waals surface area contributed by atoms with Crippen LogP contribution in [0.25, 0.3) is 0 Å². The molecule has 0 saturated carbocycles. The highest BCUT2D eigenvalue weighted by Crippen LogP contribution is 2.27. The Balaban J connectivity index is 2.16. The summed E-state index contributed by atoms with van der Waals surface area (Å²) in [7, 11) is 0. The summed E-state index contributed by atoms with van der Waals surface area (Å²) >= 11 is 10.3. The quantitative estimate of drug-likeness (QED) is 0.766. The van der Waals surface area contributed by atoms with Crippen molar-refractivity contribution in [1.82, 2.24) is 4.98 Å². The lowest BCUT2D eigenvalue weighted by molar-refractivity contribution is 0.703. The van der Waals surface area contributed by atoms with Gasteiger partial charge in [0.2, 0.25) is 0 Å². The van der Waals surface area contributed by atoms with Crippen LogP contribution in [-0.4, -0.2) is 4.98 Å². The van der Waals surface area contributed by atoms with Crippen molar-refractivity contribution >= 4 is 47.8 Å². The monoisotopic (exact) mass is 432 g/mol. The van der Waals surface area contributed by atoms with E-state index in [0.29, 0.717) is 6.42 Å². The number of pyridine rings is 1. The van der Waals surface area contributed by atoms with Crippen molar-refractivity contribution in [2.75, 3.05) is 0 Å². The zero-order chi connectivity index (χ0) is 13.1. The van der Waals surface area contributed by atoms with Crippen molar-refractivity contribution in [3.05, 3.63) is 61.2 Å². The van der Waals surface area contributed by atoms with E-state index in [1.165, 1.54) is 0 Å². The molecule has 0 radical (unpaired) electrons. The first kappa shape index (κ1) is 14.2. The zero-order valence-corrected chi connectivity index (χ0v) is 14.2. The maximum absolute atomic E-state index is 6.22. The number of nitrogens with zero attached hydrogens (tertiary/aromatic N) is 1. The second-order valence-corrected chi connectivity index (χ2v) is 6.63. The van der Waals surface area contributed by atoms with Crippen LogP contribution in [0.1, 0.15) is 17.3 Å². The highest BCUT2D eigenvalue weighted by atomic mass is 79.9. The van der Waals surface area contributed by atoms with Gasteiger partial charge < -0.3 is 5.73 Å². The molecule has 2 aromatic rings. The van der Waals surface area contributed by atoms with Crippen LogP contribution < -0.4 is 5.73 Å². The van der Waals surface area contributed by atoms with Crippen molar-refractivity contribution in [3.8, 4) is 0 Å². The predicted molar refractivity (Wildman–Crippen MR) is 84.4 cm³/mol. The Morgan fingerprint density at radius 1 is 1.06 bits per heavy atom. The molecule has 18 heavy (non-hydrogen) atoms. The van der Waals surface area contributed by atoms with Gasteiger partial charge >= 0.3 is 0 Å². The number of nitrogens with two attached hydrogens (primary N) is 1. The van der Waals surface area contributed by atoms with Crippen LogP contribution >= 0.6 is 47.8 Å². The summed E-state index contributed by atoms with van der Waals surface area (Å²) in [6.45, 7) is 0. The van der Waals surface area contributed by atoms with Gasteiger partial charge in [-0.05, 0) is 45.8 Å². The Morgan fingerprint density at radius 2 is 1.78 bits per heavy atom. The molecule has 0 aliphatic carbocycles. The minimum Gasteiger partial charge on any atom is -0.324 e. The number of rotatable bonds is 3. The van der Waals surface area contributed by atoms with Gasteiger partial charge in [0.15, 0.2) is 0 Å². The summed E-state index contributed by atoms with van der Waals surface area (Å²) in [5.41, 5.74) is 8.29. The molecule has 2 nitrogen and oxygen atoms in total. The minimum atomic E-state index is -0.0684. The normalized spacial score (nSPS) is 12.4. The van der Waals surface area contributed by atoms with Gasteiger partial charge in [-0.2, -0.15) is 0 Å². The maximum atomic E-state index is 6.22. The van der Waals surface area contributed by atoms with E-state index in [0.717, 1.165) is 24.7 Å². The number of aromatic nitrogens is 1. The molecule has 1 heterocycles. The van der Waals surface area contributed by atoms with Crippen molar-refractivity contribution < 1.29 is 0 Å². The van der Waals surface area contributed by atoms with Gasteiger partial charge in [0.05, 0.1) is 0 Å². The second kappa shape index (κ2) is 6.28. The average Bonchev–Trinajstić information content (AvgIpc) is 2.32. The molecule has 0 aliphatic rings. The lowest BCUT2D eigenvalue weighted by Gasteiger charge is -2.13. The first-order valence-electron chi connectivity index (χ1n) is 5.37. The Kier molecular flexibility index (Phi) is 4.95. The van der Waals surface area contributed by atoms with Crippen molar-refractivity contribution in [3.63, 3.8) is 0 Å². The molecular weight excluding hydrogens is 424 g/mol. The van der Waals surface area contributed by atoms with Crippen LogP contribution in [-0.2, 0) is 6.42 Å². The fourth-order valence-corrected chi connectivity index (χ4v) is 3.24. The Hall–Kier alpha value is -0.230. The molecule has 5 heteroatoms. The summed E-state index contributed by atoms with van der Waals surface area (Å²) in [4.78, 5) is 4.34. The van der Waals surface area contributed by atoms with Crippen LogP contribution in [0.5, 0.6) is 0 Å². The van der Waals surface area contributed by atoms with E-state index in [-0.39, 0.29) is 6.04 Å². The maximum Gasteiger partial charge on any atom is 0.0423 e. The van der Waals surface area contributed by atoms with Gasteiger partial charge in [0.1, 0.15) is 0 Å². The third-order valence-electron chi connectivity index (χ3n) is 2.58. The molecule has 94 valence electrons. The van der Waals surface area contributed by atoms with Crippen LogP contribution in [0.3, 0.4) is 0 Å². The smallest absolute Gasteiger partial charge is 0.0423 e. The van der Waals surface area contributed by atoms with E-state index in [9.17, 15) is 0 Å². The number of hydrogen-bond donors (Lipinski definition) is 1. The van der Waals surface area contributed by atoms with Crippen molar-refractivity contribution in [1.29, 1.82) is 0 Å². The first-order valence-corrected chi connectivity index (χ1v) is 7.75. The molecule has 0 bridgehead atoms.